The third-order valence-electron chi connectivity index (χ3n) is 2.78. The van der Waals surface area contributed by atoms with Crippen LogP contribution in [0.25, 0.3) is 0 Å². The van der Waals surface area contributed by atoms with Crippen LogP contribution in [0, 0.1) is 11.6 Å². The van der Waals surface area contributed by atoms with E-state index in [1.54, 1.807) is 0 Å². The van der Waals surface area contributed by atoms with Crippen molar-refractivity contribution in [2.75, 3.05) is 7.11 Å². The van der Waals surface area contributed by atoms with E-state index in [-0.39, 0.29) is 10.9 Å². The highest BCUT2D eigenvalue weighted by Gasteiger charge is 2.27. The number of methoxy groups -OCH3 is 1. The Morgan fingerprint density at radius 1 is 1.40 bits per heavy atom. The van der Waals surface area contributed by atoms with Gasteiger partial charge in [-0.2, -0.15) is 0 Å². The molecule has 1 aromatic rings. The van der Waals surface area contributed by atoms with Crippen molar-refractivity contribution in [1.82, 2.24) is 0 Å². The van der Waals surface area contributed by atoms with Gasteiger partial charge in [-0.1, -0.05) is 0 Å². The van der Waals surface area contributed by atoms with E-state index in [2.05, 4.69) is 20.7 Å². The molecule has 112 valence electrons. The predicted molar refractivity (Wildman–Crippen MR) is 72.8 cm³/mol. The molecule has 0 aromatic heterocycles. The summed E-state index contributed by atoms with van der Waals surface area (Å²) < 4.78 is 55.6. The number of carbonyl (C=O) groups is 1. The van der Waals surface area contributed by atoms with Gasteiger partial charge in [-0.25, -0.2) is 17.2 Å². The molecule has 0 spiro atoms. The van der Waals surface area contributed by atoms with E-state index in [0.29, 0.717) is 0 Å². The number of hydrogen-bond donors (Lipinski definition) is 0. The smallest absolute Gasteiger partial charge is 0.306 e. The molecule has 0 N–H and O–H groups in total. The van der Waals surface area contributed by atoms with E-state index >= 15 is 0 Å². The number of halogens is 3. The minimum atomic E-state index is -3.88. The lowest BCUT2D eigenvalue weighted by Gasteiger charge is -2.13. The maximum atomic E-state index is 13.7. The molecule has 0 fully saturated rings. The van der Waals surface area contributed by atoms with Crippen LogP contribution in [-0.2, 0) is 25.1 Å². The predicted octanol–water partition coefficient (Wildman–Crippen LogP) is 2.59. The molecule has 0 radical (unpaired) electrons. The van der Waals surface area contributed by atoms with Gasteiger partial charge >= 0.3 is 5.97 Å². The van der Waals surface area contributed by atoms with Gasteiger partial charge in [0.25, 0.3) is 0 Å². The molecule has 0 aliphatic carbocycles. The SMILES string of the molecule is COC(=O)CC(C)S(=O)(=O)Cc1c(F)ccc(Br)c1F. The van der Waals surface area contributed by atoms with E-state index in [1.807, 2.05) is 0 Å². The summed E-state index contributed by atoms with van der Waals surface area (Å²) >= 11 is 2.87. The maximum absolute atomic E-state index is 13.7. The zero-order valence-electron chi connectivity index (χ0n) is 10.8. The molecule has 8 heteroatoms. The van der Waals surface area contributed by atoms with Crippen LogP contribution >= 0.6 is 15.9 Å². The highest BCUT2D eigenvalue weighted by atomic mass is 79.9. The molecular formula is C12H13BrF2O4S. The zero-order chi connectivity index (χ0) is 15.5. The number of carbonyl (C=O) groups excluding carboxylic acids is 1. The van der Waals surface area contributed by atoms with Crippen LogP contribution in [0.4, 0.5) is 8.78 Å². The Labute approximate surface area is 124 Å². The van der Waals surface area contributed by atoms with E-state index in [1.165, 1.54) is 6.92 Å². The van der Waals surface area contributed by atoms with Gasteiger partial charge in [0.2, 0.25) is 0 Å². The molecule has 1 rings (SSSR count). The topological polar surface area (TPSA) is 60.4 Å². The lowest BCUT2D eigenvalue weighted by Crippen LogP contribution is -2.24. The summed E-state index contributed by atoms with van der Waals surface area (Å²) in [5.41, 5.74) is -0.545. The monoisotopic (exact) mass is 370 g/mol. The van der Waals surface area contributed by atoms with Gasteiger partial charge in [-0.05, 0) is 35.0 Å². The summed E-state index contributed by atoms with van der Waals surface area (Å²) in [7, 11) is -2.75. The zero-order valence-corrected chi connectivity index (χ0v) is 13.2. The Morgan fingerprint density at radius 3 is 2.55 bits per heavy atom. The normalized spacial score (nSPS) is 13.1. The van der Waals surface area contributed by atoms with E-state index in [4.69, 9.17) is 0 Å². The molecule has 1 unspecified atom stereocenters. The number of hydrogen-bond acceptors (Lipinski definition) is 4. The standard InChI is InChI=1S/C12H13BrF2O4S/c1-7(5-11(16)19-2)20(17,18)6-8-10(14)4-3-9(13)12(8)15/h3-4,7H,5-6H2,1-2H3. The fourth-order valence-electron chi connectivity index (χ4n) is 1.49. The second-order valence-electron chi connectivity index (χ2n) is 4.22. The molecule has 1 atom stereocenters. The van der Waals surface area contributed by atoms with E-state index < -0.39 is 44.0 Å². The summed E-state index contributed by atoms with van der Waals surface area (Å²) in [6.45, 7) is 1.29. The summed E-state index contributed by atoms with van der Waals surface area (Å²) in [6.07, 6.45) is -0.365. The summed E-state index contributed by atoms with van der Waals surface area (Å²) in [4.78, 5) is 11.1. The largest absolute Gasteiger partial charge is 0.469 e. The molecule has 0 heterocycles. The van der Waals surface area contributed by atoms with Crippen molar-refractivity contribution in [3.05, 3.63) is 33.8 Å². The van der Waals surface area contributed by atoms with Gasteiger partial charge in [-0.15, -0.1) is 0 Å². The number of benzene rings is 1. The van der Waals surface area contributed by atoms with Gasteiger partial charge in [0.1, 0.15) is 11.6 Å². The van der Waals surface area contributed by atoms with Gasteiger partial charge in [0, 0.05) is 5.56 Å². The molecule has 20 heavy (non-hydrogen) atoms. The van der Waals surface area contributed by atoms with Crippen molar-refractivity contribution in [3.63, 3.8) is 0 Å². The maximum Gasteiger partial charge on any atom is 0.306 e. The Bertz CT molecular complexity index is 616. The molecule has 1 aromatic carbocycles. The lowest BCUT2D eigenvalue weighted by atomic mass is 10.2. The van der Waals surface area contributed by atoms with Crippen molar-refractivity contribution in [2.45, 2.75) is 24.3 Å². The first-order valence-electron chi connectivity index (χ1n) is 5.59. The van der Waals surface area contributed by atoms with Crippen molar-refractivity contribution < 1.29 is 26.7 Å². The fourth-order valence-corrected chi connectivity index (χ4v) is 3.20. The third kappa shape index (κ3) is 3.99. The molecule has 0 amide bonds. The number of sulfone groups is 1. The van der Waals surface area contributed by atoms with E-state index in [0.717, 1.165) is 19.2 Å². The highest BCUT2D eigenvalue weighted by molar-refractivity contribution is 9.10. The molecule has 4 nitrogen and oxygen atoms in total. The third-order valence-corrected chi connectivity index (χ3v) is 5.48. The van der Waals surface area contributed by atoms with Gasteiger partial charge in [-0.3, -0.25) is 4.79 Å². The van der Waals surface area contributed by atoms with Crippen molar-refractivity contribution >= 4 is 31.7 Å². The second kappa shape index (κ2) is 6.62. The number of esters is 1. The average Bonchev–Trinajstić information content (AvgIpc) is 2.39. The first kappa shape index (κ1) is 17.0. The average molecular weight is 371 g/mol. The van der Waals surface area contributed by atoms with Crippen LogP contribution in [-0.4, -0.2) is 26.7 Å². The summed E-state index contributed by atoms with van der Waals surface area (Å²) in [6, 6.07) is 2.13. The first-order valence-corrected chi connectivity index (χ1v) is 8.10. The Kier molecular flexibility index (Phi) is 5.64. The minimum Gasteiger partial charge on any atom is -0.469 e. The van der Waals surface area contributed by atoms with Crippen LogP contribution in [0.2, 0.25) is 0 Å². The molecule has 0 saturated heterocycles. The Morgan fingerprint density at radius 2 is 2.00 bits per heavy atom. The first-order chi connectivity index (χ1) is 9.19. The van der Waals surface area contributed by atoms with Crippen molar-refractivity contribution in [1.29, 1.82) is 0 Å². The highest BCUT2D eigenvalue weighted by Crippen LogP contribution is 2.25. The van der Waals surface area contributed by atoms with Crippen molar-refractivity contribution in [3.8, 4) is 0 Å². The van der Waals surface area contributed by atoms with Crippen molar-refractivity contribution in [2.24, 2.45) is 0 Å². The molecule has 0 aliphatic heterocycles. The Balaban J connectivity index is 3.03. The molecular weight excluding hydrogens is 358 g/mol. The summed E-state index contributed by atoms with van der Waals surface area (Å²) in [5, 5.41) is -1.09. The lowest BCUT2D eigenvalue weighted by molar-refractivity contribution is -0.140. The molecule has 0 bridgehead atoms. The van der Waals surface area contributed by atoms with Gasteiger partial charge < -0.3 is 4.74 Å². The van der Waals surface area contributed by atoms with Crippen LogP contribution in [0.3, 0.4) is 0 Å². The van der Waals surface area contributed by atoms with E-state index in [9.17, 15) is 22.0 Å². The van der Waals surface area contributed by atoms with Crippen LogP contribution in [0.5, 0.6) is 0 Å². The molecule has 0 saturated carbocycles. The van der Waals surface area contributed by atoms with Gasteiger partial charge in [0.15, 0.2) is 9.84 Å². The number of ether oxygens (including phenoxy) is 1. The fraction of sp³-hybridized carbons (Fsp3) is 0.417. The van der Waals surface area contributed by atoms with Crippen LogP contribution in [0.1, 0.15) is 18.9 Å². The van der Waals surface area contributed by atoms with Gasteiger partial charge in [0.05, 0.1) is 29.0 Å². The molecule has 0 aliphatic rings. The quantitative estimate of drug-likeness (QED) is 0.590. The minimum absolute atomic E-state index is 0.0234. The second-order valence-corrected chi connectivity index (χ2v) is 7.49. The van der Waals surface area contributed by atoms with Crippen LogP contribution < -0.4 is 0 Å². The number of rotatable bonds is 5. The summed E-state index contributed by atoms with van der Waals surface area (Å²) in [5.74, 6) is -3.42. The van der Waals surface area contributed by atoms with Crippen LogP contribution in [0.15, 0.2) is 16.6 Å². The Hall–Kier alpha value is -1.02.